The molecule has 2 heterocycles. The molecule has 2 fully saturated rings. The van der Waals surface area contributed by atoms with Crippen molar-refractivity contribution in [1.82, 2.24) is 0 Å². The average Bonchev–Trinajstić information content (AvgIpc) is 2.80. The largest absolute Gasteiger partial charge is 0.457 e. The number of cyclic esters (lactones) is 1. The van der Waals surface area contributed by atoms with Crippen molar-refractivity contribution in [3.63, 3.8) is 0 Å². The molecule has 0 spiro atoms. The van der Waals surface area contributed by atoms with E-state index in [9.17, 15) is 9.59 Å². The highest BCUT2D eigenvalue weighted by Gasteiger charge is 2.52. The maximum absolute atomic E-state index is 11.5. The number of hydrogen-bond donors (Lipinski definition) is 0. The van der Waals surface area contributed by atoms with E-state index in [4.69, 9.17) is 9.47 Å². The molecular formula is C12H10O4. The lowest BCUT2D eigenvalue weighted by Gasteiger charge is -2.15. The van der Waals surface area contributed by atoms with Crippen LogP contribution in [-0.4, -0.2) is 18.0 Å². The molecule has 3 unspecified atom stereocenters. The molecule has 0 saturated carbocycles. The minimum atomic E-state index is -0.442. The molecule has 2 saturated heterocycles. The number of carbonyl (C=O) groups is 2. The number of carbonyl (C=O) groups excluding carboxylic acids is 2. The first kappa shape index (κ1) is 9.39. The van der Waals surface area contributed by atoms with Gasteiger partial charge in [0.1, 0.15) is 5.92 Å². The van der Waals surface area contributed by atoms with E-state index in [0.29, 0.717) is 0 Å². The van der Waals surface area contributed by atoms with Crippen molar-refractivity contribution >= 4 is 11.9 Å². The summed E-state index contributed by atoms with van der Waals surface area (Å²) in [5.41, 5.74) is 0.873. The molecule has 0 aromatic heterocycles. The van der Waals surface area contributed by atoms with E-state index < -0.39 is 18.1 Å². The number of rotatable bonds is 1. The molecule has 1 aromatic rings. The minimum Gasteiger partial charge on any atom is -0.457 e. The number of hydrogen-bond acceptors (Lipinski definition) is 4. The van der Waals surface area contributed by atoms with Gasteiger partial charge in [-0.25, -0.2) is 0 Å². The second-order valence-corrected chi connectivity index (χ2v) is 4.03. The van der Waals surface area contributed by atoms with Crippen LogP contribution in [0.5, 0.6) is 0 Å². The second kappa shape index (κ2) is 3.33. The highest BCUT2D eigenvalue weighted by molar-refractivity contribution is 5.85. The fraction of sp³-hybridized carbons (Fsp3) is 0.333. The summed E-state index contributed by atoms with van der Waals surface area (Å²) in [7, 11) is 0. The van der Waals surface area contributed by atoms with Gasteiger partial charge in [-0.3, -0.25) is 9.59 Å². The van der Waals surface area contributed by atoms with Crippen molar-refractivity contribution in [2.45, 2.75) is 18.6 Å². The van der Waals surface area contributed by atoms with Gasteiger partial charge in [0.15, 0.2) is 12.2 Å². The Morgan fingerprint density at radius 1 is 1.06 bits per heavy atom. The van der Waals surface area contributed by atoms with E-state index in [1.165, 1.54) is 0 Å². The van der Waals surface area contributed by atoms with Gasteiger partial charge in [-0.2, -0.15) is 0 Å². The van der Waals surface area contributed by atoms with Gasteiger partial charge in [-0.05, 0) is 5.56 Å². The van der Waals surface area contributed by atoms with Gasteiger partial charge in [0, 0.05) is 0 Å². The molecule has 2 aliphatic heterocycles. The lowest BCUT2D eigenvalue weighted by molar-refractivity contribution is -0.152. The van der Waals surface area contributed by atoms with Crippen LogP contribution >= 0.6 is 0 Å². The van der Waals surface area contributed by atoms with Gasteiger partial charge in [0.25, 0.3) is 0 Å². The predicted octanol–water partition coefficient (Wildman–Crippen LogP) is 1.22. The first-order valence-electron chi connectivity index (χ1n) is 5.20. The second-order valence-electron chi connectivity index (χ2n) is 4.03. The lowest BCUT2D eigenvalue weighted by Crippen LogP contribution is -2.18. The van der Waals surface area contributed by atoms with Crippen molar-refractivity contribution in [1.29, 1.82) is 0 Å². The molecular weight excluding hydrogens is 208 g/mol. The molecule has 3 rings (SSSR count). The van der Waals surface area contributed by atoms with Gasteiger partial charge >= 0.3 is 11.9 Å². The molecule has 4 nitrogen and oxygen atoms in total. The van der Waals surface area contributed by atoms with Crippen molar-refractivity contribution in [2.75, 3.05) is 0 Å². The average molecular weight is 218 g/mol. The summed E-state index contributed by atoms with van der Waals surface area (Å²) in [5, 5.41) is 0. The van der Waals surface area contributed by atoms with Crippen LogP contribution in [0.15, 0.2) is 30.3 Å². The van der Waals surface area contributed by atoms with Gasteiger partial charge in [-0.15, -0.1) is 0 Å². The molecule has 0 amide bonds. The molecule has 0 radical (unpaired) electrons. The van der Waals surface area contributed by atoms with Crippen LogP contribution in [0.2, 0.25) is 0 Å². The van der Waals surface area contributed by atoms with E-state index in [2.05, 4.69) is 0 Å². The van der Waals surface area contributed by atoms with E-state index >= 15 is 0 Å². The van der Waals surface area contributed by atoms with E-state index in [1.54, 1.807) is 0 Å². The van der Waals surface area contributed by atoms with Crippen LogP contribution in [0.25, 0.3) is 0 Å². The number of ether oxygens (including phenoxy) is 2. The van der Waals surface area contributed by atoms with Crippen LogP contribution in [0, 0.1) is 5.92 Å². The highest BCUT2D eigenvalue weighted by Crippen LogP contribution is 2.41. The Morgan fingerprint density at radius 3 is 2.56 bits per heavy atom. The summed E-state index contributed by atoms with van der Waals surface area (Å²) in [5.74, 6) is -1.06. The zero-order valence-corrected chi connectivity index (χ0v) is 8.46. The van der Waals surface area contributed by atoms with Gasteiger partial charge < -0.3 is 9.47 Å². The Kier molecular flexibility index (Phi) is 1.96. The Morgan fingerprint density at radius 2 is 1.81 bits per heavy atom. The van der Waals surface area contributed by atoms with E-state index in [0.717, 1.165) is 5.56 Å². The predicted molar refractivity (Wildman–Crippen MR) is 53.3 cm³/mol. The van der Waals surface area contributed by atoms with Crippen LogP contribution in [0.1, 0.15) is 18.1 Å². The molecule has 3 atom stereocenters. The van der Waals surface area contributed by atoms with Crippen molar-refractivity contribution in [3.05, 3.63) is 35.9 Å². The lowest BCUT2D eigenvalue weighted by atomic mass is 9.97. The Labute approximate surface area is 92.2 Å². The first-order valence-corrected chi connectivity index (χ1v) is 5.20. The van der Waals surface area contributed by atoms with Crippen LogP contribution in [-0.2, 0) is 19.1 Å². The molecule has 1 aromatic carbocycles. The summed E-state index contributed by atoms with van der Waals surface area (Å²) in [6, 6.07) is 9.36. The molecule has 0 bridgehead atoms. The maximum Gasteiger partial charge on any atom is 0.314 e. The highest BCUT2D eigenvalue weighted by atomic mass is 16.6. The summed E-state index contributed by atoms with van der Waals surface area (Å²) >= 11 is 0. The molecule has 0 aliphatic carbocycles. The fourth-order valence-corrected chi connectivity index (χ4v) is 2.25. The van der Waals surface area contributed by atoms with Crippen molar-refractivity contribution in [3.8, 4) is 0 Å². The van der Waals surface area contributed by atoms with Gasteiger partial charge in [0.05, 0.1) is 6.42 Å². The monoisotopic (exact) mass is 218 g/mol. The number of fused-ring (bicyclic) bond motifs is 1. The summed E-state index contributed by atoms with van der Waals surface area (Å²) in [6.45, 7) is 0. The molecule has 2 aliphatic rings. The minimum absolute atomic E-state index is 0.146. The first-order chi connectivity index (χ1) is 7.75. The number of esters is 2. The topological polar surface area (TPSA) is 52.6 Å². The Bertz CT molecular complexity index is 440. The summed E-state index contributed by atoms with van der Waals surface area (Å²) in [4.78, 5) is 22.7. The quantitative estimate of drug-likeness (QED) is 0.665. The molecule has 82 valence electrons. The van der Waals surface area contributed by atoms with Crippen LogP contribution in [0.4, 0.5) is 0 Å². The number of benzene rings is 1. The third kappa shape index (κ3) is 1.30. The summed E-state index contributed by atoms with van der Waals surface area (Å²) in [6.07, 6.45) is -0.736. The Balaban J connectivity index is 1.93. The van der Waals surface area contributed by atoms with Gasteiger partial charge in [0.2, 0.25) is 0 Å². The molecule has 0 N–H and O–H groups in total. The third-order valence-electron chi connectivity index (χ3n) is 3.02. The zero-order chi connectivity index (χ0) is 11.1. The van der Waals surface area contributed by atoms with Gasteiger partial charge in [-0.1, -0.05) is 30.3 Å². The summed E-state index contributed by atoms with van der Waals surface area (Å²) < 4.78 is 10.4. The SMILES string of the molecule is O=C1CC2C(=O)OC(c3ccccc3)C2O1. The standard InChI is InChI=1S/C12H10O4/c13-9-6-8-11(15-9)10(16-12(8)14)7-4-2-1-3-5-7/h1-5,8,10-11H,6H2. The zero-order valence-electron chi connectivity index (χ0n) is 8.46. The fourth-order valence-electron chi connectivity index (χ4n) is 2.25. The van der Waals surface area contributed by atoms with E-state index in [-0.39, 0.29) is 18.4 Å². The van der Waals surface area contributed by atoms with Crippen molar-refractivity contribution in [2.24, 2.45) is 5.92 Å². The van der Waals surface area contributed by atoms with Crippen LogP contribution < -0.4 is 0 Å². The third-order valence-corrected chi connectivity index (χ3v) is 3.02. The molecule has 4 heteroatoms. The molecule has 16 heavy (non-hydrogen) atoms. The normalized spacial score (nSPS) is 32.1. The van der Waals surface area contributed by atoms with Crippen LogP contribution in [0.3, 0.4) is 0 Å². The Hall–Kier alpha value is -1.84. The van der Waals surface area contributed by atoms with E-state index in [1.807, 2.05) is 30.3 Å². The smallest absolute Gasteiger partial charge is 0.314 e. The maximum atomic E-state index is 11.5. The van der Waals surface area contributed by atoms with Crippen molar-refractivity contribution < 1.29 is 19.1 Å².